The Morgan fingerprint density at radius 3 is 3.06 bits per heavy atom. The Labute approximate surface area is 101 Å². The Morgan fingerprint density at radius 2 is 2.44 bits per heavy atom. The first-order valence-corrected chi connectivity index (χ1v) is 6.65. The summed E-state index contributed by atoms with van der Waals surface area (Å²) in [7, 11) is 0. The molecule has 16 heavy (non-hydrogen) atoms. The summed E-state index contributed by atoms with van der Waals surface area (Å²) in [6.45, 7) is 8.18. The van der Waals surface area contributed by atoms with Gasteiger partial charge in [0.05, 0.1) is 10.6 Å². The molecule has 0 spiro atoms. The molecule has 0 aliphatic carbocycles. The van der Waals surface area contributed by atoms with Gasteiger partial charge in [-0.05, 0) is 33.6 Å². The van der Waals surface area contributed by atoms with Crippen LogP contribution in [0.2, 0.25) is 0 Å². The van der Waals surface area contributed by atoms with E-state index in [9.17, 15) is 0 Å². The maximum absolute atomic E-state index is 5.70. The van der Waals surface area contributed by atoms with Crippen molar-refractivity contribution in [3.05, 3.63) is 16.1 Å². The van der Waals surface area contributed by atoms with Crippen LogP contribution in [0.4, 0.5) is 0 Å². The normalized spacial score (nSPS) is 24.6. The Kier molecular flexibility index (Phi) is 3.62. The summed E-state index contributed by atoms with van der Waals surface area (Å²) in [5, 5.41) is 4.74. The molecule has 2 rings (SSSR count). The van der Waals surface area contributed by atoms with Crippen LogP contribution < -0.4 is 5.32 Å². The maximum atomic E-state index is 5.70. The number of rotatable bonds is 3. The molecule has 0 bridgehead atoms. The van der Waals surface area contributed by atoms with E-state index in [1.807, 2.05) is 13.1 Å². The first-order chi connectivity index (χ1) is 7.55. The molecule has 0 aromatic carbocycles. The van der Waals surface area contributed by atoms with E-state index in [4.69, 9.17) is 4.74 Å². The average molecular weight is 240 g/mol. The number of aromatic nitrogens is 1. The van der Waals surface area contributed by atoms with E-state index in [1.54, 1.807) is 11.3 Å². The van der Waals surface area contributed by atoms with Gasteiger partial charge < -0.3 is 10.1 Å². The lowest BCUT2D eigenvalue weighted by molar-refractivity contribution is -0.0630. The van der Waals surface area contributed by atoms with Crippen molar-refractivity contribution in [1.29, 1.82) is 0 Å². The number of hydrogen-bond acceptors (Lipinski definition) is 4. The molecule has 3 nitrogen and oxygen atoms in total. The van der Waals surface area contributed by atoms with Crippen LogP contribution in [-0.4, -0.2) is 23.2 Å². The van der Waals surface area contributed by atoms with Gasteiger partial charge in [-0.2, -0.15) is 0 Å². The van der Waals surface area contributed by atoms with Crippen molar-refractivity contribution in [3.63, 3.8) is 0 Å². The lowest BCUT2D eigenvalue weighted by Gasteiger charge is -2.35. The van der Waals surface area contributed by atoms with Crippen LogP contribution in [0.15, 0.2) is 6.20 Å². The van der Waals surface area contributed by atoms with Crippen LogP contribution in [0, 0.1) is 6.92 Å². The number of aryl methyl sites for hydroxylation is 1. The highest BCUT2D eigenvalue weighted by atomic mass is 32.1. The van der Waals surface area contributed by atoms with Crippen molar-refractivity contribution in [2.75, 3.05) is 6.61 Å². The van der Waals surface area contributed by atoms with E-state index in [1.165, 1.54) is 4.88 Å². The zero-order valence-electron chi connectivity index (χ0n) is 10.2. The first kappa shape index (κ1) is 12.0. The largest absolute Gasteiger partial charge is 0.375 e. The van der Waals surface area contributed by atoms with Gasteiger partial charge in [0.15, 0.2) is 0 Å². The summed E-state index contributed by atoms with van der Waals surface area (Å²) in [6, 6.07) is 0.575. The van der Waals surface area contributed by atoms with Crippen LogP contribution >= 0.6 is 11.3 Å². The van der Waals surface area contributed by atoms with Gasteiger partial charge >= 0.3 is 0 Å². The molecule has 1 fully saturated rings. The Morgan fingerprint density at radius 1 is 1.62 bits per heavy atom. The molecular weight excluding hydrogens is 220 g/mol. The molecule has 1 saturated heterocycles. The number of nitrogens with one attached hydrogen (secondary N) is 1. The summed E-state index contributed by atoms with van der Waals surface area (Å²) >= 11 is 1.77. The fraction of sp³-hybridized carbons (Fsp3) is 0.750. The van der Waals surface area contributed by atoms with Crippen LogP contribution in [0.5, 0.6) is 0 Å². The monoisotopic (exact) mass is 240 g/mol. The summed E-state index contributed by atoms with van der Waals surface area (Å²) in [6.07, 6.45) is 4.17. The van der Waals surface area contributed by atoms with Gasteiger partial charge in [0.25, 0.3) is 0 Å². The third-order valence-corrected chi connectivity index (χ3v) is 3.84. The number of thiazole rings is 1. The predicted octanol–water partition coefficient (Wildman–Crippen LogP) is 2.50. The van der Waals surface area contributed by atoms with Crippen LogP contribution in [0.3, 0.4) is 0 Å². The molecule has 1 aromatic rings. The molecule has 1 atom stereocenters. The number of hydrogen-bond donors (Lipinski definition) is 1. The molecule has 1 aliphatic rings. The summed E-state index contributed by atoms with van der Waals surface area (Å²) < 4.78 is 5.70. The molecule has 0 radical (unpaired) electrons. The fourth-order valence-corrected chi connectivity index (χ4v) is 2.88. The molecule has 4 heteroatoms. The van der Waals surface area contributed by atoms with Gasteiger partial charge in [0.2, 0.25) is 0 Å². The molecule has 90 valence electrons. The molecule has 0 saturated carbocycles. The van der Waals surface area contributed by atoms with E-state index >= 15 is 0 Å². The third kappa shape index (κ3) is 3.27. The van der Waals surface area contributed by atoms with Crippen molar-refractivity contribution in [2.24, 2.45) is 0 Å². The van der Waals surface area contributed by atoms with Gasteiger partial charge in [0.1, 0.15) is 0 Å². The fourth-order valence-electron chi connectivity index (χ4n) is 2.14. The minimum Gasteiger partial charge on any atom is -0.375 e. The number of nitrogens with zero attached hydrogens (tertiary/aromatic N) is 1. The van der Waals surface area contributed by atoms with E-state index < -0.39 is 0 Å². The second kappa shape index (κ2) is 4.82. The quantitative estimate of drug-likeness (QED) is 0.881. The Bertz CT molecular complexity index is 349. The zero-order chi connectivity index (χ0) is 11.6. The summed E-state index contributed by atoms with van der Waals surface area (Å²) in [5.74, 6) is 0. The summed E-state index contributed by atoms with van der Waals surface area (Å²) in [4.78, 5) is 5.58. The van der Waals surface area contributed by atoms with Crippen molar-refractivity contribution < 1.29 is 4.74 Å². The van der Waals surface area contributed by atoms with Crippen molar-refractivity contribution in [2.45, 2.75) is 51.8 Å². The van der Waals surface area contributed by atoms with Crippen LogP contribution in [-0.2, 0) is 11.3 Å². The van der Waals surface area contributed by atoms with E-state index in [2.05, 4.69) is 24.1 Å². The molecule has 1 aromatic heterocycles. The molecule has 1 N–H and O–H groups in total. The van der Waals surface area contributed by atoms with Gasteiger partial charge in [-0.1, -0.05) is 0 Å². The average Bonchev–Trinajstić information content (AvgIpc) is 2.60. The maximum Gasteiger partial charge on any atom is 0.0897 e. The van der Waals surface area contributed by atoms with Crippen molar-refractivity contribution >= 4 is 11.3 Å². The lowest BCUT2D eigenvalue weighted by atomic mass is 9.94. The molecular formula is C12H20N2OS. The number of ether oxygens (including phenoxy) is 1. The molecule has 1 unspecified atom stereocenters. The first-order valence-electron chi connectivity index (χ1n) is 5.84. The highest BCUT2D eigenvalue weighted by molar-refractivity contribution is 7.11. The Hall–Kier alpha value is -0.450. The lowest BCUT2D eigenvalue weighted by Crippen LogP contribution is -2.43. The SMILES string of the molecule is Cc1ncc(CNC2CCOC(C)(C)C2)s1. The van der Waals surface area contributed by atoms with E-state index in [0.29, 0.717) is 6.04 Å². The standard InChI is InChI=1S/C12H20N2OS/c1-9-13-7-11(16-9)8-14-10-4-5-15-12(2,3)6-10/h7,10,14H,4-6,8H2,1-3H3. The topological polar surface area (TPSA) is 34.2 Å². The smallest absolute Gasteiger partial charge is 0.0897 e. The van der Waals surface area contributed by atoms with Crippen LogP contribution in [0.1, 0.15) is 36.6 Å². The van der Waals surface area contributed by atoms with Gasteiger partial charge in [-0.3, -0.25) is 0 Å². The predicted molar refractivity (Wildman–Crippen MR) is 66.7 cm³/mol. The van der Waals surface area contributed by atoms with Crippen molar-refractivity contribution in [3.8, 4) is 0 Å². The molecule has 2 heterocycles. The minimum absolute atomic E-state index is 0.0273. The van der Waals surface area contributed by atoms with Gasteiger partial charge in [-0.25, -0.2) is 4.98 Å². The molecule has 1 aliphatic heterocycles. The zero-order valence-corrected chi connectivity index (χ0v) is 11.1. The van der Waals surface area contributed by atoms with E-state index in [0.717, 1.165) is 31.0 Å². The minimum atomic E-state index is 0.0273. The van der Waals surface area contributed by atoms with E-state index in [-0.39, 0.29) is 5.60 Å². The third-order valence-electron chi connectivity index (χ3n) is 2.93. The highest BCUT2D eigenvalue weighted by Crippen LogP contribution is 2.24. The second-order valence-corrected chi connectivity index (χ2v) is 6.34. The van der Waals surface area contributed by atoms with Gasteiger partial charge in [-0.15, -0.1) is 11.3 Å². The highest BCUT2D eigenvalue weighted by Gasteiger charge is 2.28. The second-order valence-electron chi connectivity index (χ2n) is 5.02. The molecule has 0 amide bonds. The Balaban J connectivity index is 1.82. The van der Waals surface area contributed by atoms with Crippen LogP contribution in [0.25, 0.3) is 0 Å². The van der Waals surface area contributed by atoms with Crippen molar-refractivity contribution in [1.82, 2.24) is 10.3 Å². The summed E-state index contributed by atoms with van der Waals surface area (Å²) in [5.41, 5.74) is 0.0273. The van der Waals surface area contributed by atoms with Gasteiger partial charge in [0, 0.05) is 30.3 Å².